The molecule has 3 rings (SSSR count). The smallest absolute Gasteiger partial charge is 0.339 e. The summed E-state index contributed by atoms with van der Waals surface area (Å²) in [6.07, 6.45) is 2.52. The standard InChI is InChI=1S/C19H21ClN2O3S/c1-19(2)6-5-14-13(8-19)15(18(24)25)17(26-14)22-16(23)12-7-11(20)4-3-10(12)9-21/h3-4,7H,5-6,8-9,21H2,1-2H3,(H,22,23)(H,24,25). The molecule has 0 bridgehead atoms. The van der Waals surface area contributed by atoms with Crippen LogP contribution in [0.1, 0.15) is 57.0 Å². The molecule has 1 aromatic heterocycles. The van der Waals surface area contributed by atoms with Gasteiger partial charge in [-0.05, 0) is 47.9 Å². The number of carboxylic acid groups (broad SMARTS) is 1. The molecular weight excluding hydrogens is 372 g/mol. The Morgan fingerprint density at radius 2 is 2.12 bits per heavy atom. The Kier molecular flexibility index (Phi) is 5.10. The minimum atomic E-state index is -1.01. The SMILES string of the molecule is CC1(C)CCc2sc(NC(=O)c3cc(Cl)ccc3CN)c(C(=O)O)c2C1. The molecule has 2 aromatic rings. The van der Waals surface area contributed by atoms with Crippen LogP contribution in [0.2, 0.25) is 5.02 Å². The van der Waals surface area contributed by atoms with Gasteiger partial charge in [0.15, 0.2) is 0 Å². The Bertz CT molecular complexity index is 889. The number of thiophene rings is 1. The third-order valence-corrected chi connectivity index (χ3v) is 6.19. The van der Waals surface area contributed by atoms with E-state index in [0.29, 0.717) is 27.6 Å². The Hall–Kier alpha value is -1.89. The van der Waals surface area contributed by atoms with Gasteiger partial charge in [0.2, 0.25) is 0 Å². The number of nitrogens with two attached hydrogens (primary N) is 1. The minimum Gasteiger partial charge on any atom is -0.478 e. The molecule has 1 amide bonds. The molecule has 7 heteroatoms. The van der Waals surface area contributed by atoms with E-state index in [0.717, 1.165) is 23.3 Å². The molecule has 0 saturated heterocycles. The van der Waals surface area contributed by atoms with Crippen molar-refractivity contribution >= 4 is 39.8 Å². The topological polar surface area (TPSA) is 92.4 Å². The van der Waals surface area contributed by atoms with Gasteiger partial charge in [0, 0.05) is 22.0 Å². The van der Waals surface area contributed by atoms with Gasteiger partial charge < -0.3 is 16.2 Å². The molecule has 1 aliphatic carbocycles. The van der Waals surface area contributed by atoms with Crippen molar-refractivity contribution in [2.45, 2.75) is 39.7 Å². The van der Waals surface area contributed by atoms with Gasteiger partial charge in [-0.2, -0.15) is 0 Å². The van der Waals surface area contributed by atoms with Crippen LogP contribution in [-0.4, -0.2) is 17.0 Å². The van der Waals surface area contributed by atoms with Gasteiger partial charge in [-0.1, -0.05) is 31.5 Å². The summed E-state index contributed by atoms with van der Waals surface area (Å²) >= 11 is 7.36. The lowest BCUT2D eigenvalue weighted by Crippen LogP contribution is -2.22. The van der Waals surface area contributed by atoms with E-state index in [1.165, 1.54) is 11.3 Å². The summed E-state index contributed by atoms with van der Waals surface area (Å²) in [4.78, 5) is 25.7. The van der Waals surface area contributed by atoms with Crippen molar-refractivity contribution < 1.29 is 14.7 Å². The van der Waals surface area contributed by atoms with Crippen LogP contribution in [0.3, 0.4) is 0 Å². The molecule has 1 aromatic carbocycles. The predicted molar refractivity (Wildman–Crippen MR) is 104 cm³/mol. The average Bonchev–Trinajstić information content (AvgIpc) is 2.90. The van der Waals surface area contributed by atoms with Crippen LogP contribution in [0.25, 0.3) is 0 Å². The molecule has 0 spiro atoms. The van der Waals surface area contributed by atoms with E-state index in [1.807, 2.05) is 0 Å². The second-order valence-corrected chi connectivity index (χ2v) is 8.86. The van der Waals surface area contributed by atoms with E-state index in [1.54, 1.807) is 18.2 Å². The molecule has 0 fully saturated rings. The summed E-state index contributed by atoms with van der Waals surface area (Å²) in [5.41, 5.74) is 7.84. The number of anilines is 1. The van der Waals surface area contributed by atoms with Crippen LogP contribution >= 0.6 is 22.9 Å². The molecule has 5 nitrogen and oxygen atoms in total. The number of fused-ring (bicyclic) bond motifs is 1. The highest BCUT2D eigenvalue weighted by Crippen LogP contribution is 2.43. The quantitative estimate of drug-likeness (QED) is 0.722. The number of amides is 1. The molecule has 26 heavy (non-hydrogen) atoms. The van der Waals surface area contributed by atoms with E-state index in [4.69, 9.17) is 17.3 Å². The fourth-order valence-electron chi connectivity index (χ4n) is 3.34. The molecule has 1 heterocycles. The molecule has 138 valence electrons. The molecule has 0 saturated carbocycles. The number of carbonyl (C=O) groups is 2. The number of nitrogens with one attached hydrogen (secondary N) is 1. The summed E-state index contributed by atoms with van der Waals surface area (Å²) in [6, 6.07) is 4.93. The number of hydrogen-bond acceptors (Lipinski definition) is 4. The maximum atomic E-state index is 12.7. The van der Waals surface area contributed by atoms with E-state index in [2.05, 4.69) is 19.2 Å². The second kappa shape index (κ2) is 7.02. The van der Waals surface area contributed by atoms with Gasteiger partial charge in [-0.3, -0.25) is 4.79 Å². The fraction of sp³-hybridized carbons (Fsp3) is 0.368. The number of carbonyl (C=O) groups excluding carboxylic acids is 1. The van der Waals surface area contributed by atoms with E-state index >= 15 is 0 Å². The van der Waals surface area contributed by atoms with Gasteiger partial charge in [0.05, 0.1) is 5.56 Å². The van der Waals surface area contributed by atoms with Crippen molar-refractivity contribution in [2.24, 2.45) is 11.1 Å². The molecular formula is C19H21ClN2O3S. The Labute approximate surface area is 161 Å². The maximum absolute atomic E-state index is 12.7. The number of rotatable bonds is 4. The van der Waals surface area contributed by atoms with E-state index < -0.39 is 11.9 Å². The first kappa shape index (κ1) is 18.9. The Morgan fingerprint density at radius 1 is 1.38 bits per heavy atom. The van der Waals surface area contributed by atoms with Gasteiger partial charge in [0.1, 0.15) is 5.00 Å². The number of halogens is 1. The highest BCUT2D eigenvalue weighted by atomic mass is 35.5. The molecule has 0 radical (unpaired) electrons. The first-order chi connectivity index (χ1) is 12.2. The van der Waals surface area contributed by atoms with Crippen LogP contribution in [0.15, 0.2) is 18.2 Å². The molecule has 0 aliphatic heterocycles. The zero-order chi connectivity index (χ0) is 19.1. The number of hydrogen-bond donors (Lipinski definition) is 3. The van der Waals surface area contributed by atoms with Crippen LogP contribution < -0.4 is 11.1 Å². The second-order valence-electron chi connectivity index (χ2n) is 7.31. The minimum absolute atomic E-state index is 0.0548. The molecule has 4 N–H and O–H groups in total. The zero-order valence-corrected chi connectivity index (χ0v) is 16.3. The monoisotopic (exact) mass is 392 g/mol. The largest absolute Gasteiger partial charge is 0.478 e. The maximum Gasteiger partial charge on any atom is 0.339 e. The number of aromatic carboxylic acids is 1. The third kappa shape index (κ3) is 3.63. The normalized spacial score (nSPS) is 15.4. The van der Waals surface area contributed by atoms with Gasteiger partial charge in [0.25, 0.3) is 5.91 Å². The number of carboxylic acids is 1. The highest BCUT2D eigenvalue weighted by molar-refractivity contribution is 7.17. The van der Waals surface area contributed by atoms with Gasteiger partial charge in [-0.15, -0.1) is 11.3 Å². The zero-order valence-electron chi connectivity index (χ0n) is 14.7. The average molecular weight is 393 g/mol. The summed E-state index contributed by atoms with van der Waals surface area (Å²) in [7, 11) is 0. The van der Waals surface area contributed by atoms with Crippen LogP contribution in [0.4, 0.5) is 5.00 Å². The van der Waals surface area contributed by atoms with Crippen molar-refractivity contribution in [1.82, 2.24) is 0 Å². The van der Waals surface area contributed by atoms with Crippen molar-refractivity contribution in [3.63, 3.8) is 0 Å². The summed E-state index contributed by atoms with van der Waals surface area (Å²) in [5.74, 6) is -1.41. The predicted octanol–water partition coefficient (Wildman–Crippen LogP) is 4.33. The van der Waals surface area contributed by atoms with Gasteiger partial charge in [-0.25, -0.2) is 4.79 Å². The van der Waals surface area contributed by atoms with E-state index in [9.17, 15) is 14.7 Å². The highest BCUT2D eigenvalue weighted by Gasteiger charge is 2.33. The van der Waals surface area contributed by atoms with Crippen molar-refractivity contribution in [3.8, 4) is 0 Å². The Balaban J connectivity index is 1.98. The summed E-state index contributed by atoms with van der Waals surface area (Å²) in [5, 5.41) is 13.3. The lowest BCUT2D eigenvalue weighted by Gasteiger charge is -2.29. The van der Waals surface area contributed by atoms with E-state index in [-0.39, 0.29) is 17.5 Å². The summed E-state index contributed by atoms with van der Waals surface area (Å²) in [6.45, 7) is 4.47. The van der Waals surface area contributed by atoms with Gasteiger partial charge >= 0.3 is 5.97 Å². The fourth-order valence-corrected chi connectivity index (χ4v) is 4.72. The Morgan fingerprint density at radius 3 is 2.77 bits per heavy atom. The van der Waals surface area contributed by atoms with Crippen LogP contribution in [0.5, 0.6) is 0 Å². The first-order valence-corrected chi connectivity index (χ1v) is 9.59. The number of aryl methyl sites for hydroxylation is 1. The number of benzene rings is 1. The van der Waals surface area contributed by atoms with Crippen molar-refractivity contribution in [1.29, 1.82) is 0 Å². The first-order valence-electron chi connectivity index (χ1n) is 8.39. The van der Waals surface area contributed by atoms with Crippen molar-refractivity contribution in [3.05, 3.63) is 50.4 Å². The molecule has 1 aliphatic rings. The lowest BCUT2D eigenvalue weighted by molar-refractivity contribution is 0.0696. The van der Waals surface area contributed by atoms with Crippen LogP contribution in [-0.2, 0) is 19.4 Å². The lowest BCUT2D eigenvalue weighted by atomic mass is 9.76. The summed E-state index contributed by atoms with van der Waals surface area (Å²) < 4.78 is 0. The van der Waals surface area contributed by atoms with Crippen LogP contribution in [0, 0.1) is 5.41 Å². The molecule has 0 atom stereocenters. The van der Waals surface area contributed by atoms with Crippen molar-refractivity contribution in [2.75, 3.05) is 5.32 Å². The third-order valence-electron chi connectivity index (χ3n) is 4.75. The molecule has 0 unspecified atom stereocenters.